The normalized spacial score (nSPS) is 17.7. The van der Waals surface area contributed by atoms with Gasteiger partial charge >= 0.3 is 0 Å². The van der Waals surface area contributed by atoms with E-state index in [4.69, 9.17) is 14.2 Å². The minimum Gasteiger partial charge on any atom is -0.507 e. The van der Waals surface area contributed by atoms with Gasteiger partial charge < -0.3 is 24.2 Å². The monoisotopic (exact) mass is 495 g/mol. The highest BCUT2D eigenvalue weighted by atomic mass is 16.5. The van der Waals surface area contributed by atoms with Crippen molar-refractivity contribution < 1.29 is 28.9 Å². The predicted octanol–water partition coefficient (Wildman–Crippen LogP) is 5.24. The first kappa shape index (κ1) is 27.3. The maximum Gasteiger partial charge on any atom is 0.295 e. The van der Waals surface area contributed by atoms with Crippen molar-refractivity contribution in [1.82, 2.24) is 4.90 Å². The first-order valence-electron chi connectivity index (χ1n) is 12.3. The van der Waals surface area contributed by atoms with E-state index >= 15 is 0 Å². The van der Waals surface area contributed by atoms with Crippen molar-refractivity contribution in [2.75, 3.05) is 26.9 Å². The van der Waals surface area contributed by atoms with Crippen molar-refractivity contribution in [3.63, 3.8) is 0 Å². The van der Waals surface area contributed by atoms with Crippen LogP contribution in [0.3, 0.4) is 0 Å². The maximum atomic E-state index is 13.3. The van der Waals surface area contributed by atoms with Gasteiger partial charge in [0.05, 0.1) is 30.9 Å². The van der Waals surface area contributed by atoms with E-state index in [1.807, 2.05) is 51.1 Å². The van der Waals surface area contributed by atoms with Gasteiger partial charge in [0.2, 0.25) is 0 Å². The van der Waals surface area contributed by atoms with Gasteiger partial charge in [0.15, 0.2) is 0 Å². The third kappa shape index (κ3) is 5.73. The Bertz CT molecular complexity index is 1140. The van der Waals surface area contributed by atoms with Gasteiger partial charge in [-0.25, -0.2) is 0 Å². The lowest BCUT2D eigenvalue weighted by Crippen LogP contribution is -2.32. The topological polar surface area (TPSA) is 85.3 Å². The largest absolute Gasteiger partial charge is 0.507 e. The highest BCUT2D eigenvalue weighted by molar-refractivity contribution is 6.46. The molecule has 0 aromatic heterocycles. The average Bonchev–Trinajstić information content (AvgIpc) is 3.06. The molecule has 2 aromatic carbocycles. The number of hydrogen-bond acceptors (Lipinski definition) is 6. The Morgan fingerprint density at radius 1 is 1.11 bits per heavy atom. The van der Waals surface area contributed by atoms with Crippen LogP contribution in [0.2, 0.25) is 0 Å². The van der Waals surface area contributed by atoms with E-state index in [1.165, 1.54) is 12.0 Å². The second-order valence-corrected chi connectivity index (χ2v) is 10.1. The van der Waals surface area contributed by atoms with Crippen molar-refractivity contribution in [3.05, 3.63) is 64.7 Å². The molecule has 1 N–H and O–H groups in total. The molecule has 0 radical (unpaired) electrons. The number of methoxy groups -OCH3 is 1. The van der Waals surface area contributed by atoms with Crippen LogP contribution >= 0.6 is 0 Å². The minimum absolute atomic E-state index is 0.0419. The molecule has 7 heteroatoms. The molecule has 1 fully saturated rings. The van der Waals surface area contributed by atoms with Gasteiger partial charge in [0, 0.05) is 24.8 Å². The molecule has 2 aromatic rings. The second kappa shape index (κ2) is 11.2. The molecular weight excluding hydrogens is 458 g/mol. The molecule has 7 nitrogen and oxygen atoms in total. The zero-order valence-corrected chi connectivity index (χ0v) is 22.3. The van der Waals surface area contributed by atoms with Crippen LogP contribution < -0.4 is 9.47 Å². The molecule has 194 valence electrons. The van der Waals surface area contributed by atoms with Crippen LogP contribution in [0.5, 0.6) is 11.5 Å². The number of carbonyl (C=O) groups is 2. The number of ether oxygens (including phenoxy) is 3. The lowest BCUT2D eigenvalue weighted by atomic mass is 9.84. The van der Waals surface area contributed by atoms with Gasteiger partial charge in [-0.3, -0.25) is 9.59 Å². The fourth-order valence-corrected chi connectivity index (χ4v) is 4.38. The number of aliphatic hydroxyl groups is 1. The lowest BCUT2D eigenvalue weighted by molar-refractivity contribution is -0.140. The van der Waals surface area contributed by atoms with Crippen LogP contribution in [0.15, 0.2) is 48.0 Å². The molecular formula is C29H37NO6. The number of carbonyl (C=O) groups excluding carboxylic acids is 2. The number of nitrogens with zero attached hydrogens (tertiary/aromatic N) is 1. The van der Waals surface area contributed by atoms with Crippen LogP contribution in [-0.2, 0) is 19.7 Å². The summed E-state index contributed by atoms with van der Waals surface area (Å²) in [6.07, 6.45) is -0.0419. The Morgan fingerprint density at radius 3 is 2.44 bits per heavy atom. The van der Waals surface area contributed by atoms with Crippen molar-refractivity contribution >= 4 is 17.4 Å². The summed E-state index contributed by atoms with van der Waals surface area (Å²) in [6, 6.07) is 11.8. The highest BCUT2D eigenvalue weighted by Crippen LogP contribution is 2.41. The van der Waals surface area contributed by atoms with Gasteiger partial charge in [-0.05, 0) is 62.1 Å². The zero-order valence-electron chi connectivity index (χ0n) is 22.3. The molecule has 0 saturated carbocycles. The molecule has 1 amide bonds. The number of rotatable bonds is 9. The summed E-state index contributed by atoms with van der Waals surface area (Å²) in [4.78, 5) is 27.8. The standard InChI is InChI=1S/C29H37NO6/c1-8-35-23-13-12-20(17-22(23)29(4,5)6)26(31)24-25(30(14-15-34-7)28(33)27(24)32)19-10-9-11-21(16-19)36-18(2)3/h9-13,16-18,25,31H,8,14-15H2,1-7H3/b26-24+. The summed E-state index contributed by atoms with van der Waals surface area (Å²) >= 11 is 0. The van der Waals surface area contributed by atoms with Crippen LogP contribution in [0, 0.1) is 0 Å². The van der Waals surface area contributed by atoms with Crippen molar-refractivity contribution in [1.29, 1.82) is 0 Å². The average molecular weight is 496 g/mol. The Hall–Kier alpha value is -3.32. The van der Waals surface area contributed by atoms with Crippen molar-refractivity contribution in [2.24, 2.45) is 0 Å². The van der Waals surface area contributed by atoms with Gasteiger partial charge in [0.1, 0.15) is 17.3 Å². The molecule has 36 heavy (non-hydrogen) atoms. The fraction of sp³-hybridized carbons (Fsp3) is 0.448. The summed E-state index contributed by atoms with van der Waals surface area (Å²) in [7, 11) is 1.54. The maximum absolute atomic E-state index is 13.3. The molecule has 1 atom stereocenters. The summed E-state index contributed by atoms with van der Waals surface area (Å²) in [5.41, 5.74) is 1.79. The first-order valence-corrected chi connectivity index (χ1v) is 12.3. The summed E-state index contributed by atoms with van der Waals surface area (Å²) in [5, 5.41) is 11.5. The quantitative estimate of drug-likeness (QED) is 0.291. The summed E-state index contributed by atoms with van der Waals surface area (Å²) < 4.78 is 16.8. The number of Topliss-reactive ketones (excluding diaryl/α,β-unsaturated/α-hetero) is 1. The van der Waals surface area contributed by atoms with E-state index in [1.54, 1.807) is 12.1 Å². The first-order chi connectivity index (χ1) is 17.0. The Morgan fingerprint density at radius 2 is 1.83 bits per heavy atom. The molecule has 0 spiro atoms. The molecule has 1 aliphatic heterocycles. The molecule has 1 unspecified atom stereocenters. The molecule has 0 bridgehead atoms. The highest BCUT2D eigenvalue weighted by Gasteiger charge is 2.46. The number of benzene rings is 2. The number of ketones is 1. The van der Waals surface area contributed by atoms with E-state index < -0.39 is 17.7 Å². The van der Waals surface area contributed by atoms with E-state index in [-0.39, 0.29) is 36.0 Å². The Labute approximate surface area is 213 Å². The Balaban J connectivity index is 2.20. The number of aliphatic hydroxyl groups excluding tert-OH is 1. The Kier molecular flexibility index (Phi) is 8.46. The van der Waals surface area contributed by atoms with Gasteiger partial charge in [-0.15, -0.1) is 0 Å². The van der Waals surface area contributed by atoms with Crippen molar-refractivity contribution in [3.8, 4) is 11.5 Å². The smallest absolute Gasteiger partial charge is 0.295 e. The van der Waals surface area contributed by atoms with Crippen LogP contribution in [0.25, 0.3) is 5.76 Å². The third-order valence-corrected chi connectivity index (χ3v) is 5.98. The number of amides is 1. The van der Waals surface area contributed by atoms with Crippen LogP contribution in [0.4, 0.5) is 0 Å². The number of likely N-dealkylation sites (tertiary alicyclic amines) is 1. The molecule has 1 heterocycles. The molecule has 1 saturated heterocycles. The van der Waals surface area contributed by atoms with E-state index in [9.17, 15) is 14.7 Å². The number of hydrogen-bond donors (Lipinski definition) is 1. The van der Waals surface area contributed by atoms with Gasteiger partial charge in [-0.1, -0.05) is 32.9 Å². The SMILES string of the molecule is CCOc1ccc(/C(O)=C2\C(=O)C(=O)N(CCOC)C2c2cccc(OC(C)C)c2)cc1C(C)(C)C. The summed E-state index contributed by atoms with van der Waals surface area (Å²) in [6.45, 7) is 12.9. The lowest BCUT2D eigenvalue weighted by Gasteiger charge is -2.26. The molecule has 1 aliphatic rings. The van der Waals surface area contributed by atoms with Crippen LogP contribution in [0.1, 0.15) is 64.3 Å². The molecule has 0 aliphatic carbocycles. The fourth-order valence-electron chi connectivity index (χ4n) is 4.38. The van der Waals surface area contributed by atoms with Crippen LogP contribution in [-0.4, -0.2) is 54.7 Å². The zero-order chi connectivity index (χ0) is 26.6. The van der Waals surface area contributed by atoms with E-state index in [0.29, 0.717) is 23.5 Å². The molecule has 3 rings (SSSR count). The minimum atomic E-state index is -0.777. The van der Waals surface area contributed by atoms with Gasteiger partial charge in [0.25, 0.3) is 11.7 Å². The van der Waals surface area contributed by atoms with Crippen molar-refractivity contribution in [2.45, 2.75) is 59.1 Å². The second-order valence-electron chi connectivity index (χ2n) is 10.1. The predicted molar refractivity (Wildman–Crippen MR) is 139 cm³/mol. The van der Waals surface area contributed by atoms with E-state index in [0.717, 1.165) is 11.3 Å². The van der Waals surface area contributed by atoms with Gasteiger partial charge in [-0.2, -0.15) is 0 Å². The summed E-state index contributed by atoms with van der Waals surface area (Å²) in [5.74, 6) is -0.277. The third-order valence-electron chi connectivity index (χ3n) is 5.98. The van der Waals surface area contributed by atoms with E-state index in [2.05, 4.69) is 20.8 Å².